The minimum Gasteiger partial charge on any atom is -0.382 e. The second-order valence-corrected chi connectivity index (χ2v) is 3.92. The zero-order valence-corrected chi connectivity index (χ0v) is 10.9. The summed E-state index contributed by atoms with van der Waals surface area (Å²) in [6.45, 7) is 6.14. The Balaban J connectivity index is 2.40. The predicted molar refractivity (Wildman–Crippen MR) is 70.2 cm³/mol. The Morgan fingerprint density at radius 2 is 1.88 bits per heavy atom. The van der Waals surface area contributed by atoms with Crippen LogP contribution in [0.2, 0.25) is 0 Å². The highest BCUT2D eigenvalue weighted by atomic mass is 16.5. The molecule has 1 aromatic rings. The summed E-state index contributed by atoms with van der Waals surface area (Å²) in [7, 11) is 1.69. The second-order valence-electron chi connectivity index (χ2n) is 3.92. The van der Waals surface area contributed by atoms with E-state index in [2.05, 4.69) is 36.5 Å². The number of hydrogen-bond acceptors (Lipinski definition) is 3. The van der Waals surface area contributed by atoms with Gasteiger partial charge in [0.2, 0.25) is 0 Å². The summed E-state index contributed by atoms with van der Waals surface area (Å²) in [6, 6.07) is 8.45. The van der Waals surface area contributed by atoms with E-state index in [-0.39, 0.29) is 0 Å². The quantitative estimate of drug-likeness (QED) is 0.666. The molecule has 1 rings (SSSR count). The van der Waals surface area contributed by atoms with Gasteiger partial charge in [-0.05, 0) is 30.6 Å². The summed E-state index contributed by atoms with van der Waals surface area (Å²) in [6.07, 6.45) is 1.05. The van der Waals surface area contributed by atoms with Crippen molar-refractivity contribution < 1.29 is 9.47 Å². The zero-order chi connectivity index (χ0) is 12.3. The average Bonchev–Trinajstić information content (AvgIpc) is 2.36. The monoisotopic (exact) mass is 237 g/mol. The van der Waals surface area contributed by atoms with Gasteiger partial charge in [-0.3, -0.25) is 0 Å². The molecule has 1 aromatic carbocycles. The summed E-state index contributed by atoms with van der Waals surface area (Å²) in [5, 5.41) is 3.34. The van der Waals surface area contributed by atoms with Crippen molar-refractivity contribution in [3.05, 3.63) is 35.4 Å². The van der Waals surface area contributed by atoms with Crippen LogP contribution in [0.1, 0.15) is 18.1 Å². The lowest BCUT2D eigenvalue weighted by atomic mass is 10.1. The molecule has 0 aliphatic carbocycles. The molecule has 3 heteroatoms. The lowest BCUT2D eigenvalue weighted by molar-refractivity contribution is 0.0613. The van der Waals surface area contributed by atoms with E-state index in [1.54, 1.807) is 7.11 Å². The number of benzene rings is 1. The van der Waals surface area contributed by atoms with Crippen molar-refractivity contribution >= 4 is 0 Å². The molecule has 0 aliphatic rings. The van der Waals surface area contributed by atoms with Crippen LogP contribution in [0, 0.1) is 0 Å². The van der Waals surface area contributed by atoms with Gasteiger partial charge in [0.15, 0.2) is 0 Å². The second kappa shape index (κ2) is 9.16. The van der Waals surface area contributed by atoms with Crippen molar-refractivity contribution in [1.29, 1.82) is 0 Å². The number of methoxy groups -OCH3 is 1. The highest BCUT2D eigenvalue weighted by Crippen LogP contribution is 2.10. The first-order valence-electron chi connectivity index (χ1n) is 6.22. The van der Waals surface area contributed by atoms with Crippen LogP contribution in [-0.2, 0) is 22.5 Å². The molecular formula is C14H23NO2. The van der Waals surface area contributed by atoms with Gasteiger partial charge in [-0.25, -0.2) is 0 Å². The minimum atomic E-state index is 0.651. The van der Waals surface area contributed by atoms with Crippen LogP contribution in [-0.4, -0.2) is 33.4 Å². The lowest BCUT2D eigenvalue weighted by Gasteiger charge is -2.10. The van der Waals surface area contributed by atoms with Gasteiger partial charge in [0, 0.05) is 7.11 Å². The molecule has 0 radical (unpaired) electrons. The average molecular weight is 237 g/mol. The number of rotatable bonds is 9. The molecule has 0 aromatic heterocycles. The van der Waals surface area contributed by atoms with Gasteiger partial charge in [-0.2, -0.15) is 0 Å². The molecule has 0 saturated carbocycles. The number of hydrogen-bond donors (Lipinski definition) is 1. The van der Waals surface area contributed by atoms with Gasteiger partial charge in [0.25, 0.3) is 0 Å². The Morgan fingerprint density at radius 1 is 1.12 bits per heavy atom. The van der Waals surface area contributed by atoms with Crippen LogP contribution in [0.5, 0.6) is 0 Å². The Bertz CT molecular complexity index is 302. The van der Waals surface area contributed by atoms with Crippen molar-refractivity contribution in [3.8, 4) is 0 Å². The van der Waals surface area contributed by atoms with E-state index in [0.29, 0.717) is 19.8 Å². The van der Waals surface area contributed by atoms with Gasteiger partial charge in [-0.15, -0.1) is 0 Å². The van der Waals surface area contributed by atoms with Crippen molar-refractivity contribution in [2.45, 2.75) is 20.0 Å². The normalized spacial score (nSPS) is 10.7. The summed E-state index contributed by atoms with van der Waals surface area (Å²) in [4.78, 5) is 0. The van der Waals surface area contributed by atoms with Gasteiger partial charge in [-0.1, -0.05) is 31.2 Å². The Labute approximate surface area is 104 Å². The maximum atomic E-state index is 5.56. The van der Waals surface area contributed by atoms with Crippen molar-refractivity contribution in [2.24, 2.45) is 0 Å². The first-order valence-corrected chi connectivity index (χ1v) is 6.22. The van der Waals surface area contributed by atoms with Crippen molar-refractivity contribution in [1.82, 2.24) is 5.32 Å². The molecule has 17 heavy (non-hydrogen) atoms. The third-order valence-corrected chi connectivity index (χ3v) is 2.63. The van der Waals surface area contributed by atoms with E-state index in [9.17, 15) is 0 Å². The fraction of sp³-hybridized carbons (Fsp3) is 0.571. The number of nitrogens with one attached hydrogen (secondary N) is 1. The van der Waals surface area contributed by atoms with Gasteiger partial charge < -0.3 is 14.8 Å². The molecule has 0 bridgehead atoms. The fourth-order valence-electron chi connectivity index (χ4n) is 1.67. The molecule has 0 atom stereocenters. The molecule has 1 N–H and O–H groups in total. The SMILES string of the molecule is CCNCCc1ccccc1COCCOC. The minimum absolute atomic E-state index is 0.651. The predicted octanol–water partition coefficient (Wildman–Crippen LogP) is 2.00. The van der Waals surface area contributed by atoms with E-state index in [4.69, 9.17) is 9.47 Å². The maximum Gasteiger partial charge on any atom is 0.0720 e. The highest BCUT2D eigenvalue weighted by molar-refractivity contribution is 5.26. The van der Waals surface area contributed by atoms with Crippen molar-refractivity contribution in [3.63, 3.8) is 0 Å². The van der Waals surface area contributed by atoms with Crippen LogP contribution in [0.3, 0.4) is 0 Å². The zero-order valence-electron chi connectivity index (χ0n) is 10.9. The molecule has 0 heterocycles. The molecule has 0 unspecified atom stereocenters. The van der Waals surface area contributed by atoms with Gasteiger partial charge in [0.05, 0.1) is 19.8 Å². The van der Waals surface area contributed by atoms with Crippen LogP contribution in [0.15, 0.2) is 24.3 Å². The van der Waals surface area contributed by atoms with E-state index in [1.807, 2.05) is 0 Å². The summed E-state index contributed by atoms with van der Waals surface area (Å²) in [5.41, 5.74) is 2.65. The number of ether oxygens (including phenoxy) is 2. The third kappa shape index (κ3) is 5.82. The summed E-state index contributed by atoms with van der Waals surface area (Å²) in [5.74, 6) is 0. The Morgan fingerprint density at radius 3 is 2.59 bits per heavy atom. The lowest BCUT2D eigenvalue weighted by Crippen LogP contribution is -2.17. The smallest absolute Gasteiger partial charge is 0.0720 e. The van der Waals surface area contributed by atoms with Crippen LogP contribution in [0.4, 0.5) is 0 Å². The van der Waals surface area contributed by atoms with E-state index in [1.165, 1.54) is 11.1 Å². The summed E-state index contributed by atoms with van der Waals surface area (Å²) < 4.78 is 10.5. The third-order valence-electron chi connectivity index (χ3n) is 2.63. The summed E-state index contributed by atoms with van der Waals surface area (Å²) >= 11 is 0. The van der Waals surface area contributed by atoms with E-state index >= 15 is 0 Å². The molecule has 0 aliphatic heterocycles. The Kier molecular flexibility index (Phi) is 7.63. The molecule has 96 valence electrons. The molecule has 3 nitrogen and oxygen atoms in total. The molecule has 0 spiro atoms. The van der Waals surface area contributed by atoms with Gasteiger partial charge in [0.1, 0.15) is 0 Å². The van der Waals surface area contributed by atoms with Crippen LogP contribution >= 0.6 is 0 Å². The van der Waals surface area contributed by atoms with E-state index in [0.717, 1.165) is 19.5 Å². The molecule has 0 amide bonds. The largest absolute Gasteiger partial charge is 0.382 e. The molecule has 0 fully saturated rings. The molecule has 0 saturated heterocycles. The first kappa shape index (κ1) is 14.2. The Hall–Kier alpha value is -0.900. The standard InChI is InChI=1S/C14H23NO2/c1-3-15-9-8-13-6-4-5-7-14(13)12-17-11-10-16-2/h4-7,15H,3,8-12H2,1-2H3. The van der Waals surface area contributed by atoms with Crippen molar-refractivity contribution in [2.75, 3.05) is 33.4 Å². The van der Waals surface area contributed by atoms with E-state index < -0.39 is 0 Å². The van der Waals surface area contributed by atoms with Gasteiger partial charge >= 0.3 is 0 Å². The molecular weight excluding hydrogens is 214 g/mol. The first-order chi connectivity index (χ1) is 8.38. The topological polar surface area (TPSA) is 30.5 Å². The maximum absolute atomic E-state index is 5.56. The van der Waals surface area contributed by atoms with Crippen LogP contribution < -0.4 is 5.32 Å². The number of likely N-dealkylation sites (N-methyl/N-ethyl adjacent to an activating group) is 1. The van der Waals surface area contributed by atoms with Crippen LogP contribution in [0.25, 0.3) is 0 Å². The fourth-order valence-corrected chi connectivity index (χ4v) is 1.67. The highest BCUT2D eigenvalue weighted by Gasteiger charge is 2.01.